The summed E-state index contributed by atoms with van der Waals surface area (Å²) in [5.41, 5.74) is 6.62. The number of nitrogens with one attached hydrogen (secondary N) is 2. The van der Waals surface area contributed by atoms with Crippen LogP contribution in [0.3, 0.4) is 0 Å². The number of rotatable bonds is 14. The Kier molecular flexibility index (Phi) is 13.8. The highest BCUT2D eigenvalue weighted by atomic mass is 35.5. The maximum absolute atomic E-state index is 14.1. The number of carbonyl (C=O) groups is 1. The van der Waals surface area contributed by atoms with E-state index in [-0.39, 0.29) is 28.0 Å². The molecule has 1 amide bonds. The molecule has 4 aromatic rings. The van der Waals surface area contributed by atoms with Crippen LogP contribution in [0.15, 0.2) is 89.5 Å². The quantitative estimate of drug-likeness (QED) is 0.0913. The molecular weight excluding hydrogens is 890 g/mol. The molecule has 0 unspecified atom stereocenters. The summed E-state index contributed by atoms with van der Waals surface area (Å²) in [6.45, 7) is 12.0. The first-order valence-corrected chi connectivity index (χ1v) is 25.4. The van der Waals surface area contributed by atoms with E-state index in [0.717, 1.165) is 125 Å². The number of allylic oxidation sites excluding steroid dienone is 2. The maximum Gasteiger partial charge on any atom is 0.293 e. The monoisotopic (exact) mass is 949 g/mol. The fraction of sp³-hybridized carbons (Fsp3) is 0.451. The number of amides is 1. The number of halogens is 1. The third-order valence-electron chi connectivity index (χ3n) is 14.3. The number of hydrogen-bond acceptors (Lipinski definition) is 12. The minimum Gasteiger partial charge on any atom is -0.455 e. The third-order valence-corrected chi connectivity index (χ3v) is 15.9. The summed E-state index contributed by atoms with van der Waals surface area (Å²) in [5.74, 6) is -0.385. The highest BCUT2D eigenvalue weighted by Gasteiger charge is 2.39. The van der Waals surface area contributed by atoms with E-state index < -0.39 is 31.4 Å². The molecule has 0 bridgehead atoms. The first kappa shape index (κ1) is 46.8. The molecule has 354 valence electrons. The molecule has 16 heteroatoms. The zero-order valence-corrected chi connectivity index (χ0v) is 40.0. The number of benzene rings is 3. The van der Waals surface area contributed by atoms with Gasteiger partial charge in [-0.2, -0.15) is 0 Å². The van der Waals surface area contributed by atoms with Gasteiger partial charge in [-0.3, -0.25) is 29.7 Å². The molecule has 3 fully saturated rings. The lowest BCUT2D eigenvalue weighted by molar-refractivity contribution is -0.384. The van der Waals surface area contributed by atoms with Crippen LogP contribution in [0.25, 0.3) is 11.6 Å². The number of nitrogens with zero attached hydrogens (tertiary/aromatic N) is 5. The van der Waals surface area contributed by atoms with Gasteiger partial charge in [-0.15, -0.1) is 0 Å². The van der Waals surface area contributed by atoms with E-state index in [1.807, 2.05) is 30.4 Å². The Morgan fingerprint density at radius 1 is 0.940 bits per heavy atom. The lowest BCUT2D eigenvalue weighted by Crippen LogP contribution is -2.58. The molecule has 0 atom stereocenters. The van der Waals surface area contributed by atoms with Crippen molar-refractivity contribution in [3.8, 4) is 11.5 Å². The second-order valence-corrected chi connectivity index (χ2v) is 21.5. The van der Waals surface area contributed by atoms with Crippen LogP contribution < -0.4 is 19.7 Å². The van der Waals surface area contributed by atoms with Crippen LogP contribution in [0.2, 0.25) is 5.02 Å². The largest absolute Gasteiger partial charge is 0.455 e. The van der Waals surface area contributed by atoms with Gasteiger partial charge in [0, 0.05) is 87.2 Å². The van der Waals surface area contributed by atoms with Gasteiger partial charge in [0.25, 0.3) is 21.6 Å². The summed E-state index contributed by atoms with van der Waals surface area (Å²) in [5, 5.41) is 16.5. The first-order chi connectivity index (χ1) is 32.2. The van der Waals surface area contributed by atoms with Crippen LogP contribution in [-0.2, 0) is 21.2 Å². The fourth-order valence-corrected chi connectivity index (χ4v) is 11.6. The summed E-state index contributed by atoms with van der Waals surface area (Å²) in [6.07, 6.45) is 14.7. The maximum atomic E-state index is 14.1. The third kappa shape index (κ3) is 10.7. The molecule has 2 aliphatic heterocycles. The topological polar surface area (TPSA) is 159 Å². The van der Waals surface area contributed by atoms with E-state index >= 15 is 0 Å². The highest BCUT2D eigenvalue weighted by Crippen LogP contribution is 2.44. The Hall–Kier alpha value is -5.32. The number of ether oxygens (including phenoxy) is 2. The number of nitro groups is 1. The molecule has 3 heterocycles. The van der Waals surface area contributed by atoms with Crippen molar-refractivity contribution in [2.75, 3.05) is 75.8 Å². The van der Waals surface area contributed by atoms with E-state index in [1.165, 1.54) is 28.8 Å². The van der Waals surface area contributed by atoms with Crippen molar-refractivity contribution in [2.24, 2.45) is 5.41 Å². The molecule has 9 rings (SSSR count). The standard InChI is InChI=1S/C51H60ClN7O7S/c1-50(2)20-17-38(44(32-50)36-9-11-39(52)12-10-36)34-56-21-23-57(24-22-56)40-13-15-43(48(30-40)66-41-29-37-7-6-8-45(37)53-33-41)49(60)55-67(63,64)42-14-16-46(47(31-42)59(61)62)54-35-51(18-4-3-5-19-51)58-25-27-65-28-26-58/h6-7,9-16,29-31,33,54H,3-5,8,17-28,32,34-35H2,1-2H3,(H,55,60). The van der Waals surface area contributed by atoms with Gasteiger partial charge in [-0.25, -0.2) is 13.1 Å². The molecule has 1 aromatic heterocycles. The number of fused-ring (bicyclic) bond motifs is 1. The second kappa shape index (κ2) is 19.7. The van der Waals surface area contributed by atoms with E-state index in [0.29, 0.717) is 31.9 Å². The van der Waals surface area contributed by atoms with Crippen LogP contribution in [0.1, 0.15) is 92.4 Å². The number of morpholine rings is 1. The van der Waals surface area contributed by atoms with Crippen LogP contribution in [0, 0.1) is 15.5 Å². The number of aromatic nitrogens is 1. The Labute approximate surface area is 398 Å². The number of hydrogen-bond donors (Lipinski definition) is 2. The number of anilines is 2. The van der Waals surface area contributed by atoms with E-state index in [1.54, 1.807) is 24.4 Å². The van der Waals surface area contributed by atoms with Crippen molar-refractivity contribution in [3.63, 3.8) is 0 Å². The Balaban J connectivity index is 0.923. The number of pyridine rings is 1. The van der Waals surface area contributed by atoms with Crippen LogP contribution in [0.4, 0.5) is 17.1 Å². The molecule has 3 aromatic carbocycles. The average Bonchev–Trinajstić information content (AvgIpc) is 3.80. The molecule has 2 N–H and O–H groups in total. The Morgan fingerprint density at radius 3 is 2.45 bits per heavy atom. The Bertz CT molecular complexity index is 2670. The van der Waals surface area contributed by atoms with E-state index in [2.05, 4.69) is 55.7 Å². The molecular formula is C51H60ClN7O7S. The lowest BCUT2D eigenvalue weighted by atomic mass is 9.72. The number of nitro benzene ring substituents is 1. The van der Waals surface area contributed by atoms with Crippen molar-refractivity contribution in [1.29, 1.82) is 0 Å². The van der Waals surface area contributed by atoms with Crippen molar-refractivity contribution in [3.05, 3.63) is 122 Å². The van der Waals surface area contributed by atoms with Crippen LogP contribution >= 0.6 is 11.6 Å². The predicted molar refractivity (Wildman–Crippen MR) is 263 cm³/mol. The highest BCUT2D eigenvalue weighted by molar-refractivity contribution is 7.90. The fourth-order valence-electron chi connectivity index (χ4n) is 10.5. The van der Waals surface area contributed by atoms with Gasteiger partial charge in [0.15, 0.2) is 0 Å². The lowest BCUT2D eigenvalue weighted by Gasteiger charge is -2.48. The summed E-state index contributed by atoms with van der Waals surface area (Å²) in [6, 6.07) is 18.9. The van der Waals surface area contributed by atoms with E-state index in [9.17, 15) is 23.3 Å². The normalized spacial score (nSPS) is 19.8. The van der Waals surface area contributed by atoms with Gasteiger partial charge in [0.1, 0.15) is 17.2 Å². The molecule has 0 spiro atoms. The predicted octanol–water partition coefficient (Wildman–Crippen LogP) is 9.36. The average molecular weight is 951 g/mol. The number of piperazine rings is 1. The van der Waals surface area contributed by atoms with Gasteiger partial charge in [-0.05, 0) is 96.7 Å². The zero-order valence-electron chi connectivity index (χ0n) is 38.4. The van der Waals surface area contributed by atoms with Gasteiger partial charge in [0.2, 0.25) is 0 Å². The minimum absolute atomic E-state index is 0.0161. The smallest absolute Gasteiger partial charge is 0.293 e. The van der Waals surface area contributed by atoms with Crippen LogP contribution in [0.5, 0.6) is 11.5 Å². The van der Waals surface area contributed by atoms with Crippen molar-refractivity contribution in [2.45, 2.75) is 82.1 Å². The van der Waals surface area contributed by atoms with Crippen molar-refractivity contribution in [1.82, 2.24) is 19.5 Å². The molecule has 0 radical (unpaired) electrons. The molecule has 14 nitrogen and oxygen atoms in total. The van der Waals surface area contributed by atoms with Gasteiger partial charge in [-0.1, -0.05) is 74.6 Å². The molecule has 67 heavy (non-hydrogen) atoms. The van der Waals surface area contributed by atoms with Crippen LogP contribution in [-0.4, -0.2) is 105 Å². The number of carbonyl (C=O) groups excluding carboxylic acids is 1. The van der Waals surface area contributed by atoms with Gasteiger partial charge < -0.3 is 19.7 Å². The molecule has 5 aliphatic rings. The van der Waals surface area contributed by atoms with Crippen molar-refractivity contribution < 1.29 is 27.6 Å². The zero-order chi connectivity index (χ0) is 46.8. The van der Waals surface area contributed by atoms with E-state index in [4.69, 9.17) is 21.1 Å². The Morgan fingerprint density at radius 2 is 1.70 bits per heavy atom. The molecule has 2 saturated heterocycles. The van der Waals surface area contributed by atoms with Crippen molar-refractivity contribution >= 4 is 56.2 Å². The summed E-state index contributed by atoms with van der Waals surface area (Å²) in [7, 11) is -4.58. The summed E-state index contributed by atoms with van der Waals surface area (Å²) >= 11 is 6.26. The van der Waals surface area contributed by atoms with Gasteiger partial charge in [0.05, 0.1) is 40.5 Å². The first-order valence-electron chi connectivity index (χ1n) is 23.6. The second-order valence-electron chi connectivity index (χ2n) is 19.4. The minimum atomic E-state index is -4.58. The molecule has 3 aliphatic carbocycles. The SMILES string of the molecule is CC1(C)CCC(CN2CCN(c3ccc(C(=O)NS(=O)(=O)c4ccc(NCC5(N6CCOCC6)CCCCC5)c([N+](=O)[O-])c4)c(Oc4cnc5c(c4)C=CC5)c3)CC2)=C(c2ccc(Cl)cc2)C1. The molecule has 1 saturated carbocycles. The number of sulfonamides is 1. The summed E-state index contributed by atoms with van der Waals surface area (Å²) < 4.78 is 42.0. The van der Waals surface area contributed by atoms with Gasteiger partial charge >= 0.3 is 0 Å². The summed E-state index contributed by atoms with van der Waals surface area (Å²) in [4.78, 5) is 37.3.